The van der Waals surface area contributed by atoms with Gasteiger partial charge in [-0.05, 0) is 23.8 Å². The first kappa shape index (κ1) is 13.2. The summed E-state index contributed by atoms with van der Waals surface area (Å²) in [5.41, 5.74) is 0.766. The molecule has 0 aliphatic carbocycles. The number of carbonyl (C=O) groups excluding carboxylic acids is 1. The molecule has 5 nitrogen and oxygen atoms in total. The van der Waals surface area contributed by atoms with E-state index in [0.29, 0.717) is 5.02 Å². The fraction of sp³-hybridized carbons (Fsp3) is 0.0769. The Hall–Kier alpha value is -2.27. The van der Waals surface area contributed by atoms with Crippen LogP contribution < -0.4 is 5.32 Å². The number of hydrogen-bond donors (Lipinski definition) is 2. The summed E-state index contributed by atoms with van der Waals surface area (Å²) in [6, 6.07) is 9.64. The lowest BCUT2D eigenvalue weighted by molar-refractivity contribution is 0.0659. The van der Waals surface area contributed by atoms with E-state index in [0.717, 1.165) is 5.56 Å². The number of amides is 1. The van der Waals surface area contributed by atoms with E-state index >= 15 is 0 Å². The topological polar surface area (TPSA) is 79.5 Å². The lowest BCUT2D eigenvalue weighted by atomic mass is 10.2. The normalized spacial score (nSPS) is 10.2. The predicted octanol–water partition coefficient (Wildman–Crippen LogP) is 2.56. The minimum Gasteiger partial charge on any atom is -0.475 e. The molecule has 1 aromatic heterocycles. The zero-order valence-electron chi connectivity index (χ0n) is 9.72. The Morgan fingerprint density at radius 3 is 2.47 bits per heavy atom. The Kier molecular flexibility index (Phi) is 3.87. The lowest BCUT2D eigenvalue weighted by Gasteiger charge is -2.05. The van der Waals surface area contributed by atoms with Crippen molar-refractivity contribution in [3.05, 3.63) is 58.5 Å². The second-order valence-corrected chi connectivity index (χ2v) is 4.15. The Labute approximate surface area is 113 Å². The number of halogens is 1. The van der Waals surface area contributed by atoms with Crippen LogP contribution in [-0.4, -0.2) is 17.0 Å². The second-order valence-electron chi connectivity index (χ2n) is 3.74. The molecule has 0 unspecified atom stereocenters. The van der Waals surface area contributed by atoms with E-state index in [4.69, 9.17) is 21.1 Å². The Bertz CT molecular complexity index is 621. The van der Waals surface area contributed by atoms with Gasteiger partial charge in [-0.3, -0.25) is 4.79 Å². The van der Waals surface area contributed by atoms with E-state index in [1.807, 2.05) is 6.07 Å². The first-order valence-corrected chi connectivity index (χ1v) is 5.80. The highest BCUT2D eigenvalue weighted by atomic mass is 35.5. The van der Waals surface area contributed by atoms with Crippen molar-refractivity contribution in [1.29, 1.82) is 0 Å². The van der Waals surface area contributed by atoms with E-state index in [9.17, 15) is 9.59 Å². The van der Waals surface area contributed by atoms with Gasteiger partial charge < -0.3 is 14.8 Å². The van der Waals surface area contributed by atoms with Crippen LogP contribution in [0.2, 0.25) is 5.02 Å². The van der Waals surface area contributed by atoms with Gasteiger partial charge in [-0.1, -0.05) is 29.8 Å². The fourth-order valence-corrected chi connectivity index (χ4v) is 1.68. The summed E-state index contributed by atoms with van der Waals surface area (Å²) in [4.78, 5) is 22.3. The lowest BCUT2D eigenvalue weighted by Crippen LogP contribution is -2.22. The zero-order valence-corrected chi connectivity index (χ0v) is 10.5. The molecule has 19 heavy (non-hydrogen) atoms. The van der Waals surface area contributed by atoms with Crippen molar-refractivity contribution < 1.29 is 19.1 Å². The molecule has 1 aromatic carbocycles. The molecule has 6 heteroatoms. The number of carboxylic acid groups (broad SMARTS) is 1. The molecule has 0 aliphatic heterocycles. The average Bonchev–Trinajstić information content (AvgIpc) is 2.87. The van der Waals surface area contributed by atoms with Crippen LogP contribution in [0.1, 0.15) is 26.7 Å². The summed E-state index contributed by atoms with van der Waals surface area (Å²) in [5, 5.41) is 11.8. The predicted molar refractivity (Wildman–Crippen MR) is 68.3 cm³/mol. The zero-order chi connectivity index (χ0) is 13.8. The van der Waals surface area contributed by atoms with Crippen molar-refractivity contribution in [3.8, 4) is 0 Å². The monoisotopic (exact) mass is 279 g/mol. The van der Waals surface area contributed by atoms with Gasteiger partial charge in [0, 0.05) is 11.6 Å². The average molecular weight is 280 g/mol. The molecule has 0 bridgehead atoms. The third kappa shape index (κ3) is 3.14. The number of benzene rings is 1. The molecular formula is C13H10ClNO4. The quantitative estimate of drug-likeness (QED) is 0.901. The van der Waals surface area contributed by atoms with Gasteiger partial charge in [-0.25, -0.2) is 4.79 Å². The molecule has 98 valence electrons. The third-order valence-corrected chi connectivity index (χ3v) is 2.81. The molecule has 2 aromatic rings. The summed E-state index contributed by atoms with van der Waals surface area (Å²) in [6.07, 6.45) is 0. The summed E-state index contributed by atoms with van der Waals surface area (Å²) >= 11 is 5.95. The summed E-state index contributed by atoms with van der Waals surface area (Å²) < 4.78 is 4.88. The van der Waals surface area contributed by atoms with Crippen LogP contribution in [0.15, 0.2) is 40.8 Å². The molecule has 2 N–H and O–H groups in total. The molecule has 0 aliphatic rings. The van der Waals surface area contributed by atoms with Gasteiger partial charge in [0.15, 0.2) is 5.76 Å². The number of carbonyl (C=O) groups is 2. The first-order valence-electron chi connectivity index (χ1n) is 5.42. The van der Waals surface area contributed by atoms with Crippen LogP contribution in [0.3, 0.4) is 0 Å². The van der Waals surface area contributed by atoms with Crippen molar-refractivity contribution in [2.45, 2.75) is 6.54 Å². The molecule has 0 atom stereocenters. The van der Waals surface area contributed by atoms with Gasteiger partial charge in [0.1, 0.15) is 0 Å². The van der Waals surface area contributed by atoms with Crippen molar-refractivity contribution in [2.75, 3.05) is 0 Å². The van der Waals surface area contributed by atoms with Crippen molar-refractivity contribution in [1.82, 2.24) is 5.32 Å². The molecule has 2 rings (SSSR count). The van der Waals surface area contributed by atoms with E-state index < -0.39 is 11.9 Å². The van der Waals surface area contributed by atoms with E-state index in [1.54, 1.807) is 18.2 Å². The van der Waals surface area contributed by atoms with Gasteiger partial charge in [0.05, 0.1) is 0 Å². The molecule has 1 amide bonds. The maximum Gasteiger partial charge on any atom is 0.371 e. The fourth-order valence-electron chi connectivity index (χ4n) is 1.48. The van der Waals surface area contributed by atoms with Gasteiger partial charge >= 0.3 is 5.97 Å². The number of carboxylic acids is 1. The van der Waals surface area contributed by atoms with Crippen molar-refractivity contribution >= 4 is 23.5 Å². The van der Waals surface area contributed by atoms with Gasteiger partial charge in [-0.15, -0.1) is 0 Å². The van der Waals surface area contributed by atoms with E-state index in [2.05, 4.69) is 5.32 Å². The number of hydrogen-bond acceptors (Lipinski definition) is 3. The van der Waals surface area contributed by atoms with Crippen LogP contribution in [0, 0.1) is 0 Å². The minimum atomic E-state index is -1.22. The number of furan rings is 1. The Balaban J connectivity index is 2.01. The smallest absolute Gasteiger partial charge is 0.371 e. The largest absolute Gasteiger partial charge is 0.475 e. The van der Waals surface area contributed by atoms with Crippen LogP contribution >= 0.6 is 11.6 Å². The highest BCUT2D eigenvalue weighted by Crippen LogP contribution is 2.15. The van der Waals surface area contributed by atoms with Crippen LogP contribution in [0.5, 0.6) is 0 Å². The highest BCUT2D eigenvalue weighted by molar-refractivity contribution is 6.31. The third-order valence-electron chi connectivity index (χ3n) is 2.44. The molecule has 0 saturated heterocycles. The summed E-state index contributed by atoms with van der Waals surface area (Å²) in [6.45, 7) is 0.238. The first-order chi connectivity index (χ1) is 9.08. The number of rotatable bonds is 4. The molecule has 0 radical (unpaired) electrons. The maximum absolute atomic E-state index is 11.7. The number of nitrogens with one attached hydrogen (secondary N) is 1. The van der Waals surface area contributed by atoms with E-state index in [-0.39, 0.29) is 18.1 Å². The molecule has 0 spiro atoms. The second kappa shape index (κ2) is 5.58. The highest BCUT2D eigenvalue weighted by Gasteiger charge is 2.14. The minimum absolute atomic E-state index is 0.0514. The van der Waals surface area contributed by atoms with E-state index in [1.165, 1.54) is 12.1 Å². The standard InChI is InChI=1S/C13H10ClNO4/c14-9-4-2-1-3-8(9)7-15-12(16)10-5-6-11(19-10)13(17)18/h1-6H,7H2,(H,15,16)(H,17,18). The van der Waals surface area contributed by atoms with Gasteiger partial charge in [0.25, 0.3) is 5.91 Å². The molecular weight excluding hydrogens is 270 g/mol. The van der Waals surface area contributed by atoms with Crippen LogP contribution in [0.25, 0.3) is 0 Å². The number of aromatic carboxylic acids is 1. The van der Waals surface area contributed by atoms with Crippen molar-refractivity contribution in [3.63, 3.8) is 0 Å². The van der Waals surface area contributed by atoms with Crippen LogP contribution in [-0.2, 0) is 6.54 Å². The Morgan fingerprint density at radius 1 is 1.16 bits per heavy atom. The maximum atomic E-state index is 11.7. The molecule has 0 fully saturated rings. The van der Waals surface area contributed by atoms with Crippen molar-refractivity contribution in [2.24, 2.45) is 0 Å². The SMILES string of the molecule is O=C(O)c1ccc(C(=O)NCc2ccccc2Cl)o1. The summed E-state index contributed by atoms with van der Waals surface area (Å²) in [7, 11) is 0. The summed E-state index contributed by atoms with van der Waals surface area (Å²) in [5.74, 6) is -2.04. The van der Waals surface area contributed by atoms with Crippen LogP contribution in [0.4, 0.5) is 0 Å². The Morgan fingerprint density at radius 2 is 1.84 bits per heavy atom. The molecule has 1 heterocycles. The van der Waals surface area contributed by atoms with Gasteiger partial charge in [-0.2, -0.15) is 0 Å². The molecule has 0 saturated carbocycles. The van der Waals surface area contributed by atoms with Gasteiger partial charge in [0.2, 0.25) is 5.76 Å².